The predicted octanol–water partition coefficient (Wildman–Crippen LogP) is 2.40. The van der Waals surface area contributed by atoms with Crippen molar-refractivity contribution in [3.05, 3.63) is 0 Å². The summed E-state index contributed by atoms with van der Waals surface area (Å²) in [5.74, 6) is -0.766. The van der Waals surface area contributed by atoms with Crippen molar-refractivity contribution in [2.24, 2.45) is 0 Å². The first-order valence-corrected chi connectivity index (χ1v) is 8.67. The highest BCUT2D eigenvalue weighted by Gasteiger charge is 2.35. The fraction of sp³-hybridized carbons (Fsp3) is 0.800. The van der Waals surface area contributed by atoms with E-state index in [1.807, 2.05) is 13.2 Å². The zero-order valence-electron chi connectivity index (χ0n) is 13.0. The van der Waals surface area contributed by atoms with Crippen LogP contribution in [-0.2, 0) is 14.3 Å². The third-order valence-electron chi connectivity index (χ3n) is 3.82. The van der Waals surface area contributed by atoms with Crippen LogP contribution in [0.5, 0.6) is 0 Å². The van der Waals surface area contributed by atoms with Crippen LogP contribution in [0.2, 0.25) is 0 Å². The van der Waals surface area contributed by atoms with Gasteiger partial charge in [-0.15, -0.1) is 0 Å². The van der Waals surface area contributed by atoms with Gasteiger partial charge in [0.25, 0.3) is 5.91 Å². The maximum absolute atomic E-state index is 12.1. The molecule has 1 rings (SSSR count). The fourth-order valence-electron chi connectivity index (χ4n) is 2.37. The average molecular weight is 312 g/mol. The minimum absolute atomic E-state index is 0.163. The van der Waals surface area contributed by atoms with Crippen LogP contribution in [0.15, 0.2) is 0 Å². The molecule has 0 saturated heterocycles. The molecule has 1 N–H and O–H groups in total. The molecule has 118 valence electrons. The van der Waals surface area contributed by atoms with Crippen molar-refractivity contribution in [2.75, 3.05) is 6.26 Å². The first-order chi connectivity index (χ1) is 9.92. The van der Waals surface area contributed by atoms with Crippen molar-refractivity contribution in [1.29, 1.82) is 5.26 Å². The maximum Gasteiger partial charge on any atom is 0.307 e. The largest absolute Gasteiger partial charge is 0.453 e. The van der Waals surface area contributed by atoms with Crippen molar-refractivity contribution >= 4 is 23.6 Å². The van der Waals surface area contributed by atoms with E-state index in [0.717, 1.165) is 19.3 Å². The van der Waals surface area contributed by atoms with Gasteiger partial charge in [0.15, 0.2) is 6.10 Å². The van der Waals surface area contributed by atoms with E-state index in [1.165, 1.54) is 0 Å². The van der Waals surface area contributed by atoms with E-state index in [4.69, 9.17) is 4.74 Å². The summed E-state index contributed by atoms with van der Waals surface area (Å²) in [5.41, 5.74) is -0.789. The zero-order valence-corrected chi connectivity index (χ0v) is 13.8. The van der Waals surface area contributed by atoms with E-state index in [1.54, 1.807) is 18.7 Å². The number of nitriles is 1. The summed E-state index contributed by atoms with van der Waals surface area (Å²) >= 11 is 1.58. The number of rotatable bonds is 6. The van der Waals surface area contributed by atoms with Gasteiger partial charge in [0, 0.05) is 5.25 Å². The van der Waals surface area contributed by atoms with E-state index in [0.29, 0.717) is 12.8 Å². The summed E-state index contributed by atoms with van der Waals surface area (Å²) in [5, 5.41) is 12.3. The molecular weight excluding hydrogens is 288 g/mol. The van der Waals surface area contributed by atoms with Gasteiger partial charge in [0.05, 0.1) is 12.5 Å². The smallest absolute Gasteiger partial charge is 0.307 e. The van der Waals surface area contributed by atoms with E-state index < -0.39 is 11.6 Å². The zero-order chi connectivity index (χ0) is 15.9. The second-order valence-electron chi connectivity index (χ2n) is 5.63. The summed E-state index contributed by atoms with van der Waals surface area (Å²) in [4.78, 5) is 23.8. The number of carbonyl (C=O) groups excluding carboxylic acids is 2. The molecule has 0 aromatic carbocycles. The average Bonchev–Trinajstić information content (AvgIpc) is 2.47. The molecular formula is C15H24N2O3S. The Balaban J connectivity index is 2.50. The number of nitrogens with one attached hydrogen (secondary N) is 1. The predicted molar refractivity (Wildman–Crippen MR) is 82.7 cm³/mol. The van der Waals surface area contributed by atoms with E-state index in [9.17, 15) is 14.9 Å². The molecule has 1 fully saturated rings. The van der Waals surface area contributed by atoms with Crippen molar-refractivity contribution in [3.63, 3.8) is 0 Å². The van der Waals surface area contributed by atoms with Gasteiger partial charge in [-0.25, -0.2) is 0 Å². The number of ether oxygens (including phenoxy) is 1. The lowest BCUT2D eigenvalue weighted by Crippen LogP contribution is -2.52. The normalized spacial score (nSPS) is 19.9. The monoisotopic (exact) mass is 312 g/mol. The molecule has 1 amide bonds. The summed E-state index contributed by atoms with van der Waals surface area (Å²) in [6.45, 7) is 3.48. The molecule has 1 aliphatic rings. The summed E-state index contributed by atoms with van der Waals surface area (Å²) < 4.78 is 5.14. The Morgan fingerprint density at radius 3 is 2.48 bits per heavy atom. The van der Waals surface area contributed by atoms with Gasteiger partial charge in [0.1, 0.15) is 5.54 Å². The summed E-state index contributed by atoms with van der Waals surface area (Å²) in [6, 6.07) is 2.22. The van der Waals surface area contributed by atoms with E-state index in [-0.39, 0.29) is 23.5 Å². The van der Waals surface area contributed by atoms with Crippen molar-refractivity contribution in [1.82, 2.24) is 5.32 Å². The van der Waals surface area contributed by atoms with Crippen molar-refractivity contribution in [2.45, 2.75) is 69.3 Å². The minimum atomic E-state index is -0.862. The van der Waals surface area contributed by atoms with Gasteiger partial charge in [-0.2, -0.15) is 17.0 Å². The molecule has 0 spiro atoms. The molecule has 0 bridgehead atoms. The first kappa shape index (κ1) is 17.8. The van der Waals surface area contributed by atoms with Crippen molar-refractivity contribution in [3.8, 4) is 6.07 Å². The van der Waals surface area contributed by atoms with Crippen LogP contribution in [0.3, 0.4) is 0 Å². The van der Waals surface area contributed by atoms with Crippen LogP contribution in [0.1, 0.15) is 52.4 Å². The summed E-state index contributed by atoms with van der Waals surface area (Å²) in [6.07, 6.45) is 5.64. The highest BCUT2D eigenvalue weighted by atomic mass is 32.2. The Morgan fingerprint density at radius 2 is 1.95 bits per heavy atom. The number of amides is 1. The molecule has 1 saturated carbocycles. The SMILES string of the molecule is CSC(C)CC(=O)OC(C)C(=O)NC1(C#N)CCCCC1. The Labute approximate surface area is 130 Å². The highest BCUT2D eigenvalue weighted by molar-refractivity contribution is 7.99. The Hall–Kier alpha value is -1.22. The molecule has 1 aliphatic carbocycles. The highest BCUT2D eigenvalue weighted by Crippen LogP contribution is 2.27. The topological polar surface area (TPSA) is 79.2 Å². The minimum Gasteiger partial charge on any atom is -0.453 e. The Bertz CT molecular complexity index is 414. The van der Waals surface area contributed by atoms with Gasteiger partial charge in [0.2, 0.25) is 0 Å². The van der Waals surface area contributed by atoms with Gasteiger partial charge in [-0.3, -0.25) is 9.59 Å². The van der Waals surface area contributed by atoms with Crippen molar-refractivity contribution < 1.29 is 14.3 Å². The van der Waals surface area contributed by atoms with Crippen LogP contribution < -0.4 is 5.32 Å². The second kappa shape index (κ2) is 8.28. The third kappa shape index (κ3) is 5.58. The molecule has 0 aromatic rings. The van der Waals surface area contributed by atoms with Crippen LogP contribution in [-0.4, -0.2) is 35.0 Å². The molecule has 2 atom stereocenters. The lowest BCUT2D eigenvalue weighted by Gasteiger charge is -2.32. The molecule has 0 aromatic heterocycles. The standard InChI is InChI=1S/C15H24N2O3S/c1-11(21-3)9-13(18)20-12(2)14(19)17-15(10-16)7-5-4-6-8-15/h11-12H,4-9H2,1-3H3,(H,17,19). The number of carbonyl (C=O) groups is 2. The fourth-order valence-corrected chi connectivity index (χ4v) is 2.68. The summed E-state index contributed by atoms with van der Waals surface area (Å²) in [7, 11) is 0. The van der Waals surface area contributed by atoms with Crippen LogP contribution in [0.25, 0.3) is 0 Å². The Kier molecular flexibility index (Phi) is 7.03. The van der Waals surface area contributed by atoms with Crippen LogP contribution in [0, 0.1) is 11.3 Å². The number of nitrogens with zero attached hydrogens (tertiary/aromatic N) is 1. The van der Waals surface area contributed by atoms with Gasteiger partial charge >= 0.3 is 5.97 Å². The molecule has 5 nitrogen and oxygen atoms in total. The first-order valence-electron chi connectivity index (χ1n) is 7.38. The van der Waals surface area contributed by atoms with Crippen LogP contribution in [0.4, 0.5) is 0 Å². The lowest BCUT2D eigenvalue weighted by molar-refractivity contribution is -0.155. The van der Waals surface area contributed by atoms with E-state index >= 15 is 0 Å². The quantitative estimate of drug-likeness (QED) is 0.762. The van der Waals surface area contributed by atoms with Gasteiger partial charge in [-0.1, -0.05) is 26.2 Å². The Morgan fingerprint density at radius 1 is 1.33 bits per heavy atom. The van der Waals surface area contributed by atoms with E-state index in [2.05, 4.69) is 11.4 Å². The van der Waals surface area contributed by atoms with Gasteiger partial charge in [-0.05, 0) is 26.0 Å². The third-order valence-corrected chi connectivity index (χ3v) is 4.79. The molecule has 0 aliphatic heterocycles. The lowest BCUT2D eigenvalue weighted by atomic mass is 9.83. The van der Waals surface area contributed by atoms with Gasteiger partial charge < -0.3 is 10.1 Å². The molecule has 21 heavy (non-hydrogen) atoms. The second-order valence-corrected chi connectivity index (χ2v) is 6.90. The van der Waals surface area contributed by atoms with Crippen LogP contribution >= 0.6 is 11.8 Å². The molecule has 2 unspecified atom stereocenters. The number of thioether (sulfide) groups is 1. The molecule has 6 heteroatoms. The number of hydrogen-bond acceptors (Lipinski definition) is 5. The molecule has 0 heterocycles. The maximum atomic E-state index is 12.1. The number of esters is 1. The molecule has 0 radical (unpaired) electrons. The number of hydrogen-bond donors (Lipinski definition) is 1.